The van der Waals surface area contributed by atoms with Gasteiger partial charge in [-0.25, -0.2) is 0 Å². The highest BCUT2D eigenvalue weighted by atomic mass is 32.2. The summed E-state index contributed by atoms with van der Waals surface area (Å²) in [6.45, 7) is 0.503. The Balaban J connectivity index is 1.13. The van der Waals surface area contributed by atoms with Gasteiger partial charge in [-0.15, -0.1) is 10.2 Å². The second-order valence-electron chi connectivity index (χ2n) is 7.11. The SMILES string of the molecule is Cn1c(CNC(=O)c2ccc3c(c2)OCO3)nnc1SCC(=O)Nc1ccc2c(c1)OCO2. The zero-order chi connectivity index (χ0) is 22.8. The van der Waals surface area contributed by atoms with E-state index in [0.29, 0.717) is 45.2 Å². The third kappa shape index (κ3) is 4.51. The van der Waals surface area contributed by atoms with Crippen LogP contribution in [-0.2, 0) is 18.4 Å². The monoisotopic (exact) mass is 469 g/mol. The average molecular weight is 469 g/mol. The number of rotatable bonds is 7. The summed E-state index contributed by atoms with van der Waals surface area (Å²) in [6, 6.07) is 10.2. The second-order valence-corrected chi connectivity index (χ2v) is 8.06. The van der Waals surface area contributed by atoms with Crippen LogP contribution < -0.4 is 29.6 Å². The van der Waals surface area contributed by atoms with Gasteiger partial charge < -0.3 is 34.1 Å². The van der Waals surface area contributed by atoms with Crippen molar-refractivity contribution in [1.29, 1.82) is 0 Å². The van der Waals surface area contributed by atoms with Crippen LogP contribution in [0.2, 0.25) is 0 Å². The number of amides is 2. The molecule has 0 saturated carbocycles. The summed E-state index contributed by atoms with van der Waals surface area (Å²) >= 11 is 1.24. The molecule has 0 unspecified atom stereocenters. The summed E-state index contributed by atoms with van der Waals surface area (Å²) in [6.07, 6.45) is 0. The van der Waals surface area contributed by atoms with Crippen molar-refractivity contribution < 1.29 is 28.5 Å². The zero-order valence-electron chi connectivity index (χ0n) is 17.5. The van der Waals surface area contributed by atoms with Crippen molar-refractivity contribution in [2.24, 2.45) is 7.05 Å². The summed E-state index contributed by atoms with van der Waals surface area (Å²) in [5.41, 5.74) is 1.07. The minimum Gasteiger partial charge on any atom is -0.454 e. The van der Waals surface area contributed by atoms with E-state index in [9.17, 15) is 9.59 Å². The van der Waals surface area contributed by atoms with Crippen LogP contribution in [0.1, 0.15) is 16.2 Å². The van der Waals surface area contributed by atoms with Gasteiger partial charge in [-0.2, -0.15) is 0 Å². The first-order chi connectivity index (χ1) is 16.1. The number of carbonyl (C=O) groups excluding carboxylic acids is 2. The summed E-state index contributed by atoms with van der Waals surface area (Å²) < 4.78 is 22.9. The normalized spacial score (nSPS) is 13.1. The minimum atomic E-state index is -0.270. The van der Waals surface area contributed by atoms with Gasteiger partial charge in [0.15, 0.2) is 34.0 Å². The van der Waals surface area contributed by atoms with Crippen LogP contribution in [0, 0.1) is 0 Å². The van der Waals surface area contributed by atoms with Crippen LogP contribution in [0.5, 0.6) is 23.0 Å². The molecule has 1 aromatic heterocycles. The van der Waals surface area contributed by atoms with Crippen molar-refractivity contribution in [3.8, 4) is 23.0 Å². The van der Waals surface area contributed by atoms with E-state index in [1.54, 1.807) is 48.0 Å². The van der Waals surface area contributed by atoms with Crippen LogP contribution in [0.3, 0.4) is 0 Å². The smallest absolute Gasteiger partial charge is 0.251 e. The van der Waals surface area contributed by atoms with Gasteiger partial charge in [0, 0.05) is 24.4 Å². The summed E-state index contributed by atoms with van der Waals surface area (Å²) in [5, 5.41) is 14.4. The van der Waals surface area contributed by atoms with Gasteiger partial charge in [0.05, 0.1) is 12.3 Å². The molecule has 2 aliphatic rings. The number of thioether (sulfide) groups is 1. The average Bonchev–Trinajstić information content (AvgIpc) is 3.55. The largest absolute Gasteiger partial charge is 0.454 e. The van der Waals surface area contributed by atoms with Crippen LogP contribution in [-0.4, -0.2) is 45.9 Å². The molecule has 0 aliphatic carbocycles. The first-order valence-corrected chi connectivity index (χ1v) is 10.9. The first-order valence-electron chi connectivity index (χ1n) is 9.95. The van der Waals surface area contributed by atoms with Gasteiger partial charge in [0.25, 0.3) is 5.91 Å². The Hall–Kier alpha value is -3.93. The minimum absolute atomic E-state index is 0.143. The van der Waals surface area contributed by atoms with Gasteiger partial charge in [0.2, 0.25) is 19.5 Å². The number of ether oxygens (including phenoxy) is 4. The molecule has 3 aromatic rings. The molecular formula is C21H19N5O6S. The fourth-order valence-corrected chi connectivity index (χ4v) is 3.96. The van der Waals surface area contributed by atoms with Gasteiger partial charge in [-0.05, 0) is 30.3 Å². The molecule has 0 saturated heterocycles. The predicted octanol–water partition coefficient (Wildman–Crippen LogP) is 1.93. The molecule has 2 amide bonds. The zero-order valence-corrected chi connectivity index (χ0v) is 18.3. The molecule has 0 fully saturated rings. The molecule has 2 N–H and O–H groups in total. The maximum atomic E-state index is 12.5. The lowest BCUT2D eigenvalue weighted by molar-refractivity contribution is -0.113. The van der Waals surface area contributed by atoms with Crippen LogP contribution in [0.25, 0.3) is 0 Å². The molecule has 3 heterocycles. The lowest BCUT2D eigenvalue weighted by Gasteiger charge is -2.07. The molecule has 2 aliphatic heterocycles. The summed E-state index contributed by atoms with van der Waals surface area (Å²) in [7, 11) is 1.78. The van der Waals surface area contributed by atoms with E-state index in [0.717, 1.165) is 0 Å². The molecule has 0 radical (unpaired) electrons. The van der Waals surface area contributed by atoms with Crippen molar-refractivity contribution >= 4 is 29.3 Å². The standard InChI is InChI=1S/C21H19N5O6S/c1-26-18(8-22-20(28)12-2-4-14-16(6-12)31-10-29-14)24-25-21(26)33-9-19(27)23-13-3-5-15-17(7-13)32-11-30-15/h2-7H,8-11H2,1H3,(H,22,28)(H,23,27). The van der Waals surface area contributed by atoms with Gasteiger partial charge in [0.1, 0.15) is 0 Å². The van der Waals surface area contributed by atoms with Crippen molar-refractivity contribution in [3.63, 3.8) is 0 Å². The molecule has 0 spiro atoms. The Morgan fingerprint density at radius 1 is 0.970 bits per heavy atom. The van der Waals surface area contributed by atoms with E-state index >= 15 is 0 Å². The third-order valence-electron chi connectivity index (χ3n) is 4.96. The van der Waals surface area contributed by atoms with E-state index in [4.69, 9.17) is 18.9 Å². The second kappa shape index (κ2) is 8.90. The Bertz CT molecular complexity index is 1230. The van der Waals surface area contributed by atoms with Crippen LogP contribution >= 0.6 is 11.8 Å². The Labute approximate surface area is 192 Å². The van der Waals surface area contributed by atoms with Crippen molar-refractivity contribution in [2.45, 2.75) is 11.7 Å². The molecular weight excluding hydrogens is 450 g/mol. The molecule has 5 rings (SSSR count). The highest BCUT2D eigenvalue weighted by Gasteiger charge is 2.18. The van der Waals surface area contributed by atoms with Crippen LogP contribution in [0.4, 0.5) is 5.69 Å². The number of nitrogens with zero attached hydrogens (tertiary/aromatic N) is 3. The molecule has 170 valence electrons. The van der Waals surface area contributed by atoms with Crippen molar-refractivity contribution in [2.75, 3.05) is 24.7 Å². The third-order valence-corrected chi connectivity index (χ3v) is 5.98. The van der Waals surface area contributed by atoms with Crippen LogP contribution in [0.15, 0.2) is 41.6 Å². The Morgan fingerprint density at radius 2 is 1.67 bits per heavy atom. The lowest BCUT2D eigenvalue weighted by Crippen LogP contribution is -2.24. The number of hydrogen-bond acceptors (Lipinski definition) is 9. The first kappa shape index (κ1) is 20.9. The quantitative estimate of drug-likeness (QED) is 0.499. The van der Waals surface area contributed by atoms with E-state index in [1.165, 1.54) is 11.8 Å². The molecule has 2 aromatic carbocycles. The fourth-order valence-electron chi connectivity index (χ4n) is 3.23. The molecule has 12 heteroatoms. The highest BCUT2D eigenvalue weighted by Crippen LogP contribution is 2.34. The maximum Gasteiger partial charge on any atom is 0.251 e. The highest BCUT2D eigenvalue weighted by molar-refractivity contribution is 7.99. The van der Waals surface area contributed by atoms with E-state index in [1.807, 2.05) is 0 Å². The van der Waals surface area contributed by atoms with Crippen molar-refractivity contribution in [3.05, 3.63) is 47.8 Å². The molecule has 11 nitrogen and oxygen atoms in total. The van der Waals surface area contributed by atoms with E-state index in [2.05, 4.69) is 20.8 Å². The topological polar surface area (TPSA) is 126 Å². The lowest BCUT2D eigenvalue weighted by atomic mass is 10.2. The van der Waals surface area contributed by atoms with Gasteiger partial charge in [-0.1, -0.05) is 11.8 Å². The Morgan fingerprint density at radius 3 is 2.45 bits per heavy atom. The Kier molecular flexibility index (Phi) is 5.65. The van der Waals surface area contributed by atoms with Gasteiger partial charge >= 0.3 is 0 Å². The van der Waals surface area contributed by atoms with Crippen molar-refractivity contribution in [1.82, 2.24) is 20.1 Å². The number of anilines is 1. The summed E-state index contributed by atoms with van der Waals surface area (Å²) in [4.78, 5) is 24.8. The number of carbonyl (C=O) groups is 2. The molecule has 33 heavy (non-hydrogen) atoms. The van der Waals surface area contributed by atoms with Gasteiger partial charge in [-0.3, -0.25) is 9.59 Å². The molecule has 0 bridgehead atoms. The van der Waals surface area contributed by atoms with E-state index < -0.39 is 0 Å². The summed E-state index contributed by atoms with van der Waals surface area (Å²) in [5.74, 6) is 2.64. The molecule has 0 atom stereocenters. The number of fused-ring (bicyclic) bond motifs is 2. The maximum absolute atomic E-state index is 12.5. The van der Waals surface area contributed by atoms with E-state index in [-0.39, 0.29) is 37.7 Å². The number of benzene rings is 2. The number of nitrogens with one attached hydrogen (secondary N) is 2. The predicted molar refractivity (Wildman–Crippen MR) is 117 cm³/mol. The number of hydrogen-bond donors (Lipinski definition) is 2. The fraction of sp³-hybridized carbons (Fsp3) is 0.238. The number of aromatic nitrogens is 3.